The minimum atomic E-state index is 0.326. The molecule has 5 heteroatoms. The van der Waals surface area contributed by atoms with E-state index in [-0.39, 0.29) is 0 Å². The second kappa shape index (κ2) is 5.14. The van der Waals surface area contributed by atoms with Crippen molar-refractivity contribution >= 4 is 0 Å². The van der Waals surface area contributed by atoms with Crippen LogP contribution in [0.4, 0.5) is 0 Å². The topological polar surface area (TPSA) is 58.5 Å². The highest BCUT2D eigenvalue weighted by atomic mass is 15.3. The smallest absolute Gasteiger partial charge is 0.0641 e. The molecule has 2 aromatic rings. The van der Waals surface area contributed by atoms with Gasteiger partial charge >= 0.3 is 0 Å². The summed E-state index contributed by atoms with van der Waals surface area (Å²) >= 11 is 0. The van der Waals surface area contributed by atoms with Crippen LogP contribution in [-0.4, -0.2) is 26.0 Å². The van der Waals surface area contributed by atoms with Gasteiger partial charge in [0.1, 0.15) is 0 Å². The zero-order valence-electron chi connectivity index (χ0n) is 10.5. The fraction of sp³-hybridized carbons (Fsp3) is 0.500. The van der Waals surface area contributed by atoms with Gasteiger partial charge in [-0.05, 0) is 32.4 Å². The summed E-state index contributed by atoms with van der Waals surface area (Å²) in [4.78, 5) is 0. The van der Waals surface area contributed by atoms with Crippen LogP contribution in [0, 0.1) is 6.92 Å². The molecule has 2 atom stereocenters. The molecule has 0 aliphatic carbocycles. The SMILES string of the molecule is Cc1cnn([C@@H](C)[C@H](C)NCc2ccn[nH]2)c1. The number of aryl methyl sites for hydroxylation is 1. The molecule has 2 aromatic heterocycles. The molecule has 0 aliphatic rings. The van der Waals surface area contributed by atoms with Crippen LogP contribution in [0.15, 0.2) is 24.7 Å². The summed E-state index contributed by atoms with van der Waals surface area (Å²) in [6.45, 7) is 7.18. The van der Waals surface area contributed by atoms with Crippen LogP contribution in [0.3, 0.4) is 0 Å². The van der Waals surface area contributed by atoms with Crippen LogP contribution < -0.4 is 5.32 Å². The van der Waals surface area contributed by atoms with Gasteiger partial charge in [0, 0.05) is 30.7 Å². The molecule has 0 saturated carbocycles. The van der Waals surface area contributed by atoms with Crippen molar-refractivity contribution in [1.29, 1.82) is 0 Å². The monoisotopic (exact) mass is 233 g/mol. The Morgan fingerprint density at radius 3 is 2.88 bits per heavy atom. The summed E-state index contributed by atoms with van der Waals surface area (Å²) in [5, 5.41) is 14.7. The van der Waals surface area contributed by atoms with Gasteiger partial charge in [-0.25, -0.2) is 0 Å². The number of aromatic nitrogens is 4. The van der Waals surface area contributed by atoms with E-state index in [2.05, 4.69) is 47.6 Å². The first kappa shape index (κ1) is 11.9. The van der Waals surface area contributed by atoms with Gasteiger partial charge in [0.15, 0.2) is 0 Å². The summed E-state index contributed by atoms with van der Waals surface area (Å²) in [5.74, 6) is 0. The Morgan fingerprint density at radius 2 is 2.29 bits per heavy atom. The fourth-order valence-corrected chi connectivity index (χ4v) is 1.71. The summed E-state index contributed by atoms with van der Waals surface area (Å²) in [6.07, 6.45) is 5.72. The van der Waals surface area contributed by atoms with Gasteiger partial charge in [0.2, 0.25) is 0 Å². The van der Waals surface area contributed by atoms with Gasteiger partial charge in [-0.15, -0.1) is 0 Å². The Labute approximate surface area is 101 Å². The molecular weight excluding hydrogens is 214 g/mol. The molecule has 2 heterocycles. The lowest BCUT2D eigenvalue weighted by Gasteiger charge is -2.21. The van der Waals surface area contributed by atoms with E-state index in [4.69, 9.17) is 0 Å². The lowest BCUT2D eigenvalue weighted by molar-refractivity contribution is 0.363. The molecule has 0 saturated heterocycles. The third-order valence-electron chi connectivity index (χ3n) is 3.04. The number of H-pyrrole nitrogens is 1. The number of rotatable bonds is 5. The van der Waals surface area contributed by atoms with Crippen molar-refractivity contribution < 1.29 is 0 Å². The second-order valence-corrected chi connectivity index (χ2v) is 4.49. The van der Waals surface area contributed by atoms with E-state index in [9.17, 15) is 0 Å². The number of hydrogen-bond donors (Lipinski definition) is 2. The number of nitrogens with zero attached hydrogens (tertiary/aromatic N) is 3. The molecule has 0 aromatic carbocycles. The average molecular weight is 233 g/mol. The Kier molecular flexibility index (Phi) is 3.58. The van der Waals surface area contributed by atoms with Gasteiger partial charge in [-0.2, -0.15) is 10.2 Å². The van der Waals surface area contributed by atoms with Crippen LogP contribution in [0.5, 0.6) is 0 Å². The first-order valence-corrected chi connectivity index (χ1v) is 5.89. The maximum absolute atomic E-state index is 4.34. The highest BCUT2D eigenvalue weighted by molar-refractivity contribution is 5.01. The van der Waals surface area contributed by atoms with E-state index in [1.165, 1.54) is 5.56 Å². The van der Waals surface area contributed by atoms with Crippen LogP contribution in [0.2, 0.25) is 0 Å². The van der Waals surface area contributed by atoms with Crippen molar-refractivity contribution in [2.45, 2.75) is 39.4 Å². The zero-order chi connectivity index (χ0) is 12.3. The van der Waals surface area contributed by atoms with Gasteiger partial charge in [0.25, 0.3) is 0 Å². The molecule has 0 spiro atoms. The van der Waals surface area contributed by atoms with Crippen molar-refractivity contribution in [3.05, 3.63) is 35.9 Å². The molecule has 0 amide bonds. The molecule has 2 rings (SSSR count). The summed E-state index contributed by atoms with van der Waals surface area (Å²) in [6, 6.07) is 2.65. The van der Waals surface area contributed by atoms with E-state index in [0.717, 1.165) is 12.2 Å². The standard InChI is InChI=1S/C12H19N5/c1-9-6-15-17(8-9)11(3)10(2)13-7-12-4-5-14-16-12/h4-6,8,10-11,13H,7H2,1-3H3,(H,14,16)/t10-,11-/m0/s1. The maximum atomic E-state index is 4.34. The summed E-state index contributed by atoms with van der Waals surface area (Å²) < 4.78 is 2.00. The van der Waals surface area contributed by atoms with Crippen molar-refractivity contribution in [3.63, 3.8) is 0 Å². The lowest BCUT2D eigenvalue weighted by atomic mass is 10.1. The number of aromatic amines is 1. The molecule has 17 heavy (non-hydrogen) atoms. The minimum Gasteiger partial charge on any atom is -0.307 e. The van der Waals surface area contributed by atoms with Crippen molar-refractivity contribution in [2.75, 3.05) is 0 Å². The van der Waals surface area contributed by atoms with Crippen LogP contribution in [-0.2, 0) is 6.54 Å². The average Bonchev–Trinajstić information content (AvgIpc) is 2.95. The minimum absolute atomic E-state index is 0.326. The third-order valence-corrected chi connectivity index (χ3v) is 3.04. The summed E-state index contributed by atoms with van der Waals surface area (Å²) in [7, 11) is 0. The third kappa shape index (κ3) is 2.94. The molecule has 0 bridgehead atoms. The zero-order valence-corrected chi connectivity index (χ0v) is 10.5. The Balaban J connectivity index is 1.89. The van der Waals surface area contributed by atoms with Crippen LogP contribution >= 0.6 is 0 Å². The summed E-state index contributed by atoms with van der Waals surface area (Å²) in [5.41, 5.74) is 2.29. The Morgan fingerprint density at radius 1 is 1.47 bits per heavy atom. The van der Waals surface area contributed by atoms with E-state index < -0.39 is 0 Å². The molecule has 0 fully saturated rings. The molecule has 0 aliphatic heterocycles. The molecule has 2 N–H and O–H groups in total. The lowest BCUT2D eigenvalue weighted by Crippen LogP contribution is -2.33. The van der Waals surface area contributed by atoms with Crippen molar-refractivity contribution in [2.24, 2.45) is 0 Å². The first-order chi connectivity index (χ1) is 8.16. The fourth-order valence-electron chi connectivity index (χ4n) is 1.71. The van der Waals surface area contributed by atoms with Crippen molar-refractivity contribution in [1.82, 2.24) is 25.3 Å². The van der Waals surface area contributed by atoms with Crippen molar-refractivity contribution in [3.8, 4) is 0 Å². The van der Waals surface area contributed by atoms with E-state index >= 15 is 0 Å². The molecule has 92 valence electrons. The molecule has 0 unspecified atom stereocenters. The van der Waals surface area contributed by atoms with E-state index in [0.29, 0.717) is 12.1 Å². The van der Waals surface area contributed by atoms with E-state index in [1.807, 2.05) is 16.9 Å². The predicted octanol–water partition coefficient (Wildman–Crippen LogP) is 1.65. The molecule has 5 nitrogen and oxygen atoms in total. The molecular formula is C12H19N5. The highest BCUT2D eigenvalue weighted by Gasteiger charge is 2.14. The largest absolute Gasteiger partial charge is 0.307 e. The highest BCUT2D eigenvalue weighted by Crippen LogP contribution is 2.11. The Hall–Kier alpha value is -1.62. The van der Waals surface area contributed by atoms with Crippen LogP contribution in [0.25, 0.3) is 0 Å². The van der Waals surface area contributed by atoms with Gasteiger partial charge in [-0.3, -0.25) is 9.78 Å². The molecule has 0 radical (unpaired) electrons. The van der Waals surface area contributed by atoms with Gasteiger partial charge in [-0.1, -0.05) is 0 Å². The normalized spacial score (nSPS) is 14.8. The first-order valence-electron chi connectivity index (χ1n) is 5.89. The second-order valence-electron chi connectivity index (χ2n) is 4.49. The van der Waals surface area contributed by atoms with Crippen LogP contribution in [0.1, 0.15) is 31.1 Å². The number of hydrogen-bond acceptors (Lipinski definition) is 3. The predicted molar refractivity (Wildman–Crippen MR) is 66.6 cm³/mol. The Bertz CT molecular complexity index is 445. The van der Waals surface area contributed by atoms with Gasteiger partial charge < -0.3 is 5.32 Å². The van der Waals surface area contributed by atoms with E-state index in [1.54, 1.807) is 6.20 Å². The maximum Gasteiger partial charge on any atom is 0.0641 e. The van der Waals surface area contributed by atoms with Gasteiger partial charge in [0.05, 0.1) is 12.2 Å². The number of nitrogens with one attached hydrogen (secondary N) is 2. The quantitative estimate of drug-likeness (QED) is 0.825.